The number of benzene rings is 1. The average molecular weight is 216 g/mol. The summed E-state index contributed by atoms with van der Waals surface area (Å²) in [5.41, 5.74) is 6.69. The van der Waals surface area contributed by atoms with Crippen LogP contribution in [0.2, 0.25) is 0 Å². The molecule has 1 aromatic rings. The van der Waals surface area contributed by atoms with E-state index >= 15 is 0 Å². The number of rotatable bonds is 3. The number of carbonyl (C=O) groups excluding carboxylic acids is 1. The molecule has 1 amide bonds. The Kier molecular flexibility index (Phi) is 2.53. The van der Waals surface area contributed by atoms with Gasteiger partial charge in [0.2, 0.25) is 5.91 Å². The quantitative estimate of drug-likeness (QED) is 0.823. The first kappa shape index (κ1) is 10.5. The maximum atomic E-state index is 11.0. The van der Waals surface area contributed by atoms with Crippen molar-refractivity contribution in [3.63, 3.8) is 0 Å². The van der Waals surface area contributed by atoms with E-state index in [1.54, 1.807) is 19.2 Å². The normalized spacial score (nSPS) is 22.2. The van der Waals surface area contributed by atoms with Gasteiger partial charge in [-0.25, -0.2) is 0 Å². The van der Waals surface area contributed by atoms with E-state index in [1.807, 2.05) is 6.07 Å². The van der Waals surface area contributed by atoms with Gasteiger partial charge in [0, 0.05) is 5.92 Å². The fourth-order valence-electron chi connectivity index (χ4n) is 1.93. The van der Waals surface area contributed by atoms with Crippen LogP contribution in [-0.2, 0) is 4.79 Å². The zero-order valence-electron chi connectivity index (χ0n) is 8.93. The van der Waals surface area contributed by atoms with Gasteiger partial charge in [-0.15, -0.1) is 0 Å². The SMILES string of the molecule is COc1ccc(C#N)c([C@H]2C[C@@H]2C(N)=O)c1. The summed E-state index contributed by atoms with van der Waals surface area (Å²) < 4.78 is 5.10. The molecule has 0 aromatic heterocycles. The van der Waals surface area contributed by atoms with E-state index in [0.29, 0.717) is 11.3 Å². The van der Waals surface area contributed by atoms with Crippen LogP contribution < -0.4 is 10.5 Å². The first-order chi connectivity index (χ1) is 7.67. The fourth-order valence-corrected chi connectivity index (χ4v) is 1.93. The van der Waals surface area contributed by atoms with E-state index in [2.05, 4.69) is 6.07 Å². The summed E-state index contributed by atoms with van der Waals surface area (Å²) in [6.45, 7) is 0. The Hall–Kier alpha value is -2.02. The van der Waals surface area contributed by atoms with E-state index in [1.165, 1.54) is 0 Å². The van der Waals surface area contributed by atoms with Crippen molar-refractivity contribution < 1.29 is 9.53 Å². The van der Waals surface area contributed by atoms with Gasteiger partial charge in [-0.3, -0.25) is 4.79 Å². The van der Waals surface area contributed by atoms with Crippen molar-refractivity contribution in [3.05, 3.63) is 29.3 Å². The number of nitrogens with zero attached hydrogens (tertiary/aromatic N) is 1. The number of nitriles is 1. The molecule has 0 bridgehead atoms. The molecule has 0 spiro atoms. The second-order valence-electron chi connectivity index (χ2n) is 3.92. The molecule has 1 saturated carbocycles. The first-order valence-corrected chi connectivity index (χ1v) is 5.04. The van der Waals surface area contributed by atoms with E-state index in [4.69, 9.17) is 15.7 Å². The highest BCUT2D eigenvalue weighted by Gasteiger charge is 2.43. The van der Waals surface area contributed by atoms with Crippen molar-refractivity contribution in [3.8, 4) is 11.8 Å². The van der Waals surface area contributed by atoms with Crippen LogP contribution in [0, 0.1) is 17.2 Å². The van der Waals surface area contributed by atoms with Crippen LogP contribution in [0.15, 0.2) is 18.2 Å². The predicted molar refractivity (Wildman–Crippen MR) is 57.8 cm³/mol. The lowest BCUT2D eigenvalue weighted by Gasteiger charge is -2.05. The highest BCUT2D eigenvalue weighted by atomic mass is 16.5. The van der Waals surface area contributed by atoms with Crippen molar-refractivity contribution in [2.24, 2.45) is 11.7 Å². The number of ether oxygens (including phenoxy) is 1. The molecule has 2 rings (SSSR count). The number of amides is 1. The summed E-state index contributed by atoms with van der Waals surface area (Å²) in [4.78, 5) is 11.0. The molecular formula is C12H12N2O2. The summed E-state index contributed by atoms with van der Waals surface area (Å²) in [6.07, 6.45) is 0.733. The zero-order valence-corrected chi connectivity index (χ0v) is 8.93. The molecule has 2 atom stereocenters. The molecule has 82 valence electrons. The third-order valence-electron chi connectivity index (χ3n) is 2.93. The molecular weight excluding hydrogens is 204 g/mol. The summed E-state index contributed by atoms with van der Waals surface area (Å²) in [5, 5.41) is 8.98. The fraction of sp³-hybridized carbons (Fsp3) is 0.333. The second-order valence-corrected chi connectivity index (χ2v) is 3.92. The third-order valence-corrected chi connectivity index (χ3v) is 2.93. The summed E-state index contributed by atoms with van der Waals surface area (Å²) >= 11 is 0. The molecule has 0 saturated heterocycles. The Balaban J connectivity index is 2.33. The lowest BCUT2D eigenvalue weighted by atomic mass is 10.0. The predicted octanol–water partition coefficient (Wildman–Crippen LogP) is 1.16. The van der Waals surface area contributed by atoms with Crippen LogP contribution in [0.25, 0.3) is 0 Å². The monoisotopic (exact) mass is 216 g/mol. The number of primary amides is 1. The number of carbonyl (C=O) groups is 1. The number of methoxy groups -OCH3 is 1. The zero-order chi connectivity index (χ0) is 11.7. The van der Waals surface area contributed by atoms with Gasteiger partial charge in [-0.1, -0.05) is 0 Å². The lowest BCUT2D eigenvalue weighted by molar-refractivity contribution is -0.119. The largest absolute Gasteiger partial charge is 0.497 e. The van der Waals surface area contributed by atoms with Crippen molar-refractivity contribution in [1.82, 2.24) is 0 Å². The highest BCUT2D eigenvalue weighted by molar-refractivity contribution is 5.81. The maximum absolute atomic E-state index is 11.0. The Labute approximate surface area is 93.6 Å². The van der Waals surface area contributed by atoms with Gasteiger partial charge in [0.15, 0.2) is 0 Å². The molecule has 0 unspecified atom stereocenters. The Bertz CT molecular complexity index is 476. The number of hydrogen-bond acceptors (Lipinski definition) is 3. The van der Waals surface area contributed by atoms with Crippen LogP contribution in [0.5, 0.6) is 5.75 Å². The molecule has 1 aromatic carbocycles. The molecule has 4 nitrogen and oxygen atoms in total. The topological polar surface area (TPSA) is 76.1 Å². The number of nitrogens with two attached hydrogens (primary N) is 1. The average Bonchev–Trinajstić information content (AvgIpc) is 3.08. The number of hydrogen-bond donors (Lipinski definition) is 1. The van der Waals surface area contributed by atoms with Crippen molar-refractivity contribution in [2.75, 3.05) is 7.11 Å². The van der Waals surface area contributed by atoms with Crippen molar-refractivity contribution in [2.45, 2.75) is 12.3 Å². The first-order valence-electron chi connectivity index (χ1n) is 5.04. The van der Waals surface area contributed by atoms with Gasteiger partial charge < -0.3 is 10.5 Å². The Morgan fingerprint density at radius 2 is 2.38 bits per heavy atom. The van der Waals surface area contributed by atoms with E-state index in [0.717, 1.165) is 12.0 Å². The molecule has 1 aliphatic carbocycles. The summed E-state index contributed by atoms with van der Waals surface area (Å²) in [5.74, 6) is 0.363. The summed E-state index contributed by atoms with van der Waals surface area (Å²) in [6, 6.07) is 7.38. The standard InChI is InChI=1S/C12H12N2O2/c1-16-8-3-2-7(6-13)9(4-8)10-5-11(10)12(14)15/h2-4,10-11H,5H2,1H3,(H2,14,15)/t10-,11+/m1/s1. The van der Waals surface area contributed by atoms with E-state index in [-0.39, 0.29) is 17.7 Å². The molecule has 4 heteroatoms. The lowest BCUT2D eigenvalue weighted by Crippen LogP contribution is -2.13. The second kappa shape index (κ2) is 3.86. The van der Waals surface area contributed by atoms with Crippen LogP contribution in [0.3, 0.4) is 0 Å². The van der Waals surface area contributed by atoms with Crippen LogP contribution in [-0.4, -0.2) is 13.0 Å². The highest BCUT2D eigenvalue weighted by Crippen LogP contribution is 2.48. The minimum absolute atomic E-state index is 0.0854. The van der Waals surface area contributed by atoms with E-state index in [9.17, 15) is 4.79 Å². The molecule has 0 heterocycles. The van der Waals surface area contributed by atoms with Crippen molar-refractivity contribution >= 4 is 5.91 Å². The van der Waals surface area contributed by atoms with Gasteiger partial charge >= 0.3 is 0 Å². The molecule has 0 aliphatic heterocycles. The van der Waals surface area contributed by atoms with Gasteiger partial charge in [0.25, 0.3) is 0 Å². The van der Waals surface area contributed by atoms with Crippen LogP contribution >= 0.6 is 0 Å². The van der Waals surface area contributed by atoms with Gasteiger partial charge in [-0.05, 0) is 36.1 Å². The molecule has 1 aliphatic rings. The van der Waals surface area contributed by atoms with Crippen LogP contribution in [0.1, 0.15) is 23.5 Å². The van der Waals surface area contributed by atoms with Gasteiger partial charge in [-0.2, -0.15) is 5.26 Å². The summed E-state index contributed by atoms with van der Waals surface area (Å²) in [7, 11) is 1.57. The Morgan fingerprint density at radius 1 is 1.62 bits per heavy atom. The van der Waals surface area contributed by atoms with Crippen LogP contribution in [0.4, 0.5) is 0 Å². The smallest absolute Gasteiger partial charge is 0.221 e. The molecule has 16 heavy (non-hydrogen) atoms. The molecule has 0 radical (unpaired) electrons. The third kappa shape index (κ3) is 1.72. The maximum Gasteiger partial charge on any atom is 0.221 e. The van der Waals surface area contributed by atoms with E-state index < -0.39 is 0 Å². The minimum Gasteiger partial charge on any atom is -0.497 e. The Morgan fingerprint density at radius 3 is 2.88 bits per heavy atom. The molecule has 1 fully saturated rings. The minimum atomic E-state index is -0.295. The molecule has 2 N–H and O–H groups in total. The van der Waals surface area contributed by atoms with Gasteiger partial charge in [0.1, 0.15) is 5.75 Å². The van der Waals surface area contributed by atoms with Crippen molar-refractivity contribution in [1.29, 1.82) is 5.26 Å². The van der Waals surface area contributed by atoms with Gasteiger partial charge in [0.05, 0.1) is 18.7 Å².